The molecule has 130 valence electrons. The highest BCUT2D eigenvalue weighted by molar-refractivity contribution is 5.91. The molecule has 24 heavy (non-hydrogen) atoms. The van der Waals surface area contributed by atoms with Gasteiger partial charge in [-0.05, 0) is 5.56 Å². The van der Waals surface area contributed by atoms with Crippen molar-refractivity contribution in [3.05, 3.63) is 35.9 Å². The minimum absolute atomic E-state index is 0.104. The predicted molar refractivity (Wildman–Crippen MR) is 86.3 cm³/mol. The van der Waals surface area contributed by atoms with Crippen LogP contribution < -0.4 is 5.32 Å². The van der Waals surface area contributed by atoms with Crippen molar-refractivity contribution in [2.24, 2.45) is 5.92 Å². The molecule has 2 N–H and O–H groups in total. The van der Waals surface area contributed by atoms with Gasteiger partial charge in [0.15, 0.2) is 0 Å². The van der Waals surface area contributed by atoms with Crippen LogP contribution in [0.1, 0.15) is 12.0 Å². The van der Waals surface area contributed by atoms with E-state index >= 15 is 0 Å². The highest BCUT2D eigenvalue weighted by atomic mass is 16.5. The zero-order valence-electron chi connectivity index (χ0n) is 13.6. The molecule has 1 fully saturated rings. The topological polar surface area (TPSA) is 95.9 Å². The molecule has 0 unspecified atom stereocenters. The smallest absolute Gasteiger partial charge is 0.326 e. The Morgan fingerprint density at radius 1 is 1.38 bits per heavy atom. The van der Waals surface area contributed by atoms with Crippen LogP contribution in [0.4, 0.5) is 0 Å². The first-order valence-corrected chi connectivity index (χ1v) is 7.85. The molecule has 0 spiro atoms. The standard InChI is InChI=1S/C17H22N2O5/c1-24-8-7-19-11-13(10-15(19)20)16(21)18-14(17(22)23)9-12-5-3-2-4-6-12/h2-6,13-14H,7-11H2,1H3,(H,18,21)(H,22,23)/t13-,14+/m1/s1. The Hall–Kier alpha value is -2.41. The molecule has 0 radical (unpaired) electrons. The van der Waals surface area contributed by atoms with E-state index in [0.717, 1.165) is 5.56 Å². The third-order valence-corrected chi connectivity index (χ3v) is 4.05. The van der Waals surface area contributed by atoms with Crippen molar-refractivity contribution in [1.82, 2.24) is 10.2 Å². The lowest BCUT2D eigenvalue weighted by Crippen LogP contribution is -2.45. The van der Waals surface area contributed by atoms with Gasteiger partial charge in [-0.3, -0.25) is 9.59 Å². The van der Waals surface area contributed by atoms with Crippen LogP contribution in [-0.4, -0.2) is 60.6 Å². The summed E-state index contributed by atoms with van der Waals surface area (Å²) in [6, 6.07) is 8.10. The molecule has 1 aliphatic heterocycles. The second-order valence-electron chi connectivity index (χ2n) is 5.82. The second-order valence-corrected chi connectivity index (χ2v) is 5.82. The summed E-state index contributed by atoms with van der Waals surface area (Å²) in [7, 11) is 1.55. The Labute approximate surface area is 140 Å². The lowest BCUT2D eigenvalue weighted by atomic mass is 10.0. The van der Waals surface area contributed by atoms with Gasteiger partial charge in [0.05, 0.1) is 12.5 Å². The van der Waals surface area contributed by atoms with Crippen LogP contribution in [0.25, 0.3) is 0 Å². The number of ether oxygens (including phenoxy) is 1. The number of hydrogen-bond donors (Lipinski definition) is 2. The average molecular weight is 334 g/mol. The molecule has 0 saturated carbocycles. The highest BCUT2D eigenvalue weighted by Crippen LogP contribution is 2.18. The molecule has 2 amide bonds. The fourth-order valence-corrected chi connectivity index (χ4v) is 2.70. The summed E-state index contributed by atoms with van der Waals surface area (Å²) in [6.07, 6.45) is 0.309. The number of benzene rings is 1. The lowest BCUT2D eigenvalue weighted by molar-refractivity contribution is -0.142. The van der Waals surface area contributed by atoms with Crippen LogP contribution in [0.2, 0.25) is 0 Å². The van der Waals surface area contributed by atoms with Crippen molar-refractivity contribution in [1.29, 1.82) is 0 Å². The molecule has 0 aromatic heterocycles. The number of rotatable bonds is 8. The number of carbonyl (C=O) groups is 3. The van der Waals surface area contributed by atoms with Gasteiger partial charge in [0, 0.05) is 33.0 Å². The fraction of sp³-hybridized carbons (Fsp3) is 0.471. The van der Waals surface area contributed by atoms with Gasteiger partial charge in [-0.25, -0.2) is 4.79 Å². The van der Waals surface area contributed by atoms with Gasteiger partial charge in [0.2, 0.25) is 11.8 Å². The molecular formula is C17H22N2O5. The zero-order chi connectivity index (χ0) is 17.5. The molecule has 2 atom stereocenters. The van der Waals surface area contributed by atoms with Crippen LogP contribution >= 0.6 is 0 Å². The van der Waals surface area contributed by atoms with Gasteiger partial charge in [-0.15, -0.1) is 0 Å². The number of carboxylic acids is 1. The summed E-state index contributed by atoms with van der Waals surface area (Å²) in [5.41, 5.74) is 0.828. The first-order valence-electron chi connectivity index (χ1n) is 7.85. The minimum atomic E-state index is -1.09. The number of nitrogens with one attached hydrogen (secondary N) is 1. The number of likely N-dealkylation sites (tertiary alicyclic amines) is 1. The van der Waals surface area contributed by atoms with E-state index in [2.05, 4.69) is 5.32 Å². The Morgan fingerprint density at radius 2 is 2.08 bits per heavy atom. The van der Waals surface area contributed by atoms with Gasteiger partial charge in [-0.1, -0.05) is 30.3 Å². The van der Waals surface area contributed by atoms with Crippen molar-refractivity contribution in [2.75, 3.05) is 26.8 Å². The Balaban J connectivity index is 1.93. The average Bonchev–Trinajstić information content (AvgIpc) is 2.94. The number of carboxylic acid groups (broad SMARTS) is 1. The third-order valence-electron chi connectivity index (χ3n) is 4.05. The van der Waals surface area contributed by atoms with E-state index in [1.54, 1.807) is 12.0 Å². The molecule has 1 saturated heterocycles. The quantitative estimate of drug-likeness (QED) is 0.712. The number of amides is 2. The van der Waals surface area contributed by atoms with E-state index in [0.29, 0.717) is 19.7 Å². The maximum atomic E-state index is 12.3. The molecule has 7 nitrogen and oxygen atoms in total. The Kier molecular flexibility index (Phi) is 6.31. The van der Waals surface area contributed by atoms with Gasteiger partial charge in [-0.2, -0.15) is 0 Å². The fourth-order valence-electron chi connectivity index (χ4n) is 2.70. The molecule has 1 heterocycles. The number of methoxy groups -OCH3 is 1. The molecule has 2 rings (SSSR count). The molecule has 0 aliphatic carbocycles. The monoisotopic (exact) mass is 334 g/mol. The van der Waals surface area contributed by atoms with Gasteiger partial charge in [0.25, 0.3) is 0 Å². The van der Waals surface area contributed by atoms with Crippen LogP contribution in [0.3, 0.4) is 0 Å². The molecule has 0 bridgehead atoms. The third kappa shape index (κ3) is 4.79. The van der Waals surface area contributed by atoms with E-state index in [9.17, 15) is 19.5 Å². The lowest BCUT2D eigenvalue weighted by Gasteiger charge is -2.18. The molecule has 1 aromatic rings. The van der Waals surface area contributed by atoms with Gasteiger partial charge >= 0.3 is 5.97 Å². The summed E-state index contributed by atoms with van der Waals surface area (Å²) in [5.74, 6) is -2.12. The molecule has 1 aliphatic rings. The summed E-state index contributed by atoms with van der Waals surface area (Å²) < 4.78 is 4.94. The highest BCUT2D eigenvalue weighted by Gasteiger charge is 2.35. The predicted octanol–water partition coefficient (Wildman–Crippen LogP) is 0.293. The largest absolute Gasteiger partial charge is 0.480 e. The van der Waals surface area contributed by atoms with Crippen molar-refractivity contribution in [3.8, 4) is 0 Å². The zero-order valence-corrected chi connectivity index (χ0v) is 13.6. The van der Waals surface area contributed by atoms with Crippen LogP contribution in [-0.2, 0) is 25.5 Å². The van der Waals surface area contributed by atoms with Crippen LogP contribution in [0, 0.1) is 5.92 Å². The van der Waals surface area contributed by atoms with Gasteiger partial charge in [0.1, 0.15) is 6.04 Å². The van der Waals surface area contributed by atoms with Crippen molar-refractivity contribution >= 4 is 17.8 Å². The Morgan fingerprint density at radius 3 is 2.71 bits per heavy atom. The van der Waals surface area contributed by atoms with E-state index in [-0.39, 0.29) is 18.7 Å². The number of hydrogen-bond acceptors (Lipinski definition) is 4. The molecule has 7 heteroatoms. The first kappa shape index (κ1) is 17.9. The minimum Gasteiger partial charge on any atom is -0.480 e. The molecule has 1 aromatic carbocycles. The SMILES string of the molecule is COCCN1C[C@H](C(=O)N[C@@H](Cc2ccccc2)C(=O)O)CC1=O. The summed E-state index contributed by atoms with van der Waals surface area (Å²) in [4.78, 5) is 37.2. The molecular weight excluding hydrogens is 312 g/mol. The van der Waals surface area contributed by atoms with Crippen molar-refractivity contribution in [2.45, 2.75) is 18.9 Å². The second kappa shape index (κ2) is 8.44. The maximum Gasteiger partial charge on any atom is 0.326 e. The number of nitrogens with zero attached hydrogens (tertiary/aromatic N) is 1. The summed E-state index contributed by atoms with van der Waals surface area (Å²) in [6.45, 7) is 1.14. The first-order chi connectivity index (χ1) is 11.5. The summed E-state index contributed by atoms with van der Waals surface area (Å²) >= 11 is 0. The van der Waals surface area contributed by atoms with E-state index < -0.39 is 23.8 Å². The van der Waals surface area contributed by atoms with Crippen molar-refractivity contribution < 1.29 is 24.2 Å². The Bertz CT molecular complexity index is 590. The number of aliphatic carboxylic acids is 1. The van der Waals surface area contributed by atoms with E-state index in [4.69, 9.17) is 4.74 Å². The number of carbonyl (C=O) groups excluding carboxylic acids is 2. The summed E-state index contributed by atoms with van der Waals surface area (Å²) in [5, 5.41) is 11.9. The van der Waals surface area contributed by atoms with E-state index in [1.165, 1.54) is 0 Å². The maximum absolute atomic E-state index is 12.3. The van der Waals surface area contributed by atoms with Crippen LogP contribution in [0.5, 0.6) is 0 Å². The van der Waals surface area contributed by atoms with Crippen LogP contribution in [0.15, 0.2) is 30.3 Å². The normalized spacial score (nSPS) is 18.5. The van der Waals surface area contributed by atoms with Gasteiger partial charge < -0.3 is 20.1 Å². The van der Waals surface area contributed by atoms with Crippen molar-refractivity contribution in [3.63, 3.8) is 0 Å². The van der Waals surface area contributed by atoms with E-state index in [1.807, 2.05) is 30.3 Å².